The molecule has 2 aromatic carbocycles. The largest absolute Gasteiger partial charge is 0.493 e. The molecule has 0 aromatic heterocycles. The summed E-state index contributed by atoms with van der Waals surface area (Å²) in [5.41, 5.74) is 4.12. The number of hydrogen-bond donors (Lipinski definition) is 1. The number of amides is 2. The van der Waals surface area contributed by atoms with E-state index in [1.165, 1.54) is 10.6 Å². The zero-order valence-electron chi connectivity index (χ0n) is 18.3. The van der Waals surface area contributed by atoms with Crippen LogP contribution in [-0.2, 0) is 16.0 Å². The van der Waals surface area contributed by atoms with Crippen LogP contribution in [0.2, 0.25) is 0 Å². The third-order valence-corrected chi connectivity index (χ3v) is 5.22. The maximum Gasteiger partial charge on any atom is 0.243 e. The molecule has 1 aliphatic rings. The molecule has 0 radical (unpaired) electrons. The highest BCUT2D eigenvalue weighted by Gasteiger charge is 2.21. The topological polar surface area (TPSA) is 80.2 Å². The van der Waals surface area contributed by atoms with E-state index in [0.29, 0.717) is 37.3 Å². The molecule has 0 unspecified atom stereocenters. The minimum Gasteiger partial charge on any atom is -0.493 e. The molecule has 164 valence electrons. The van der Waals surface area contributed by atoms with Crippen molar-refractivity contribution in [3.05, 3.63) is 59.2 Å². The molecule has 1 heterocycles. The van der Waals surface area contributed by atoms with Crippen LogP contribution in [0.3, 0.4) is 0 Å². The first-order chi connectivity index (χ1) is 15.0. The van der Waals surface area contributed by atoms with E-state index in [2.05, 4.69) is 10.4 Å². The van der Waals surface area contributed by atoms with Crippen molar-refractivity contribution < 1.29 is 19.1 Å². The van der Waals surface area contributed by atoms with Crippen LogP contribution in [-0.4, -0.2) is 49.8 Å². The second kappa shape index (κ2) is 10.6. The van der Waals surface area contributed by atoms with Crippen LogP contribution in [0.15, 0.2) is 47.6 Å². The van der Waals surface area contributed by atoms with Gasteiger partial charge in [-0.2, -0.15) is 5.10 Å². The van der Waals surface area contributed by atoms with E-state index >= 15 is 0 Å². The third kappa shape index (κ3) is 6.07. The van der Waals surface area contributed by atoms with Gasteiger partial charge in [0.15, 0.2) is 11.5 Å². The second-order valence-corrected chi connectivity index (χ2v) is 7.47. The molecule has 31 heavy (non-hydrogen) atoms. The summed E-state index contributed by atoms with van der Waals surface area (Å²) in [4.78, 5) is 24.5. The normalized spacial score (nSPS) is 13.6. The van der Waals surface area contributed by atoms with Gasteiger partial charge in [-0.15, -0.1) is 0 Å². The van der Waals surface area contributed by atoms with Crippen LogP contribution in [0.1, 0.15) is 36.0 Å². The zero-order valence-corrected chi connectivity index (χ0v) is 18.3. The Balaban J connectivity index is 1.49. The number of nitrogens with zero attached hydrogens (tertiary/aromatic N) is 2. The molecule has 0 spiro atoms. The number of ether oxygens (including phenoxy) is 2. The molecule has 7 nitrogen and oxygen atoms in total. The number of benzene rings is 2. The van der Waals surface area contributed by atoms with Crippen molar-refractivity contribution in [2.75, 3.05) is 27.3 Å². The molecule has 0 fully saturated rings. The van der Waals surface area contributed by atoms with Crippen molar-refractivity contribution in [3.63, 3.8) is 0 Å². The predicted octanol–water partition coefficient (Wildman–Crippen LogP) is 3.09. The first-order valence-electron chi connectivity index (χ1n) is 10.4. The average molecular weight is 424 g/mol. The summed E-state index contributed by atoms with van der Waals surface area (Å²) in [6.07, 6.45) is 1.91. The molecule has 0 aliphatic carbocycles. The van der Waals surface area contributed by atoms with E-state index in [4.69, 9.17) is 9.47 Å². The lowest BCUT2D eigenvalue weighted by Crippen LogP contribution is -2.35. The van der Waals surface area contributed by atoms with Gasteiger partial charge in [0.25, 0.3) is 0 Å². The van der Waals surface area contributed by atoms with E-state index < -0.39 is 0 Å². The number of methoxy groups -OCH3 is 2. The van der Waals surface area contributed by atoms with E-state index in [1.54, 1.807) is 14.2 Å². The fraction of sp³-hybridized carbons (Fsp3) is 0.375. The van der Waals surface area contributed by atoms with Gasteiger partial charge in [-0.3, -0.25) is 9.59 Å². The Morgan fingerprint density at radius 1 is 1.06 bits per heavy atom. The summed E-state index contributed by atoms with van der Waals surface area (Å²) in [5, 5.41) is 8.82. The van der Waals surface area contributed by atoms with Crippen molar-refractivity contribution >= 4 is 17.5 Å². The predicted molar refractivity (Wildman–Crippen MR) is 120 cm³/mol. The number of carbonyl (C=O) groups excluding carboxylic acids is 2. The molecule has 0 bridgehead atoms. The van der Waals surface area contributed by atoms with Crippen LogP contribution in [0.4, 0.5) is 0 Å². The Hall–Kier alpha value is -3.35. The van der Waals surface area contributed by atoms with Crippen LogP contribution < -0.4 is 14.8 Å². The van der Waals surface area contributed by atoms with Crippen molar-refractivity contribution in [1.82, 2.24) is 10.3 Å². The smallest absolute Gasteiger partial charge is 0.243 e. The van der Waals surface area contributed by atoms with Crippen molar-refractivity contribution in [2.45, 2.75) is 32.6 Å². The van der Waals surface area contributed by atoms with Crippen LogP contribution in [0, 0.1) is 6.92 Å². The maximum atomic E-state index is 12.3. The van der Waals surface area contributed by atoms with E-state index in [1.807, 2.05) is 49.4 Å². The molecule has 2 amide bonds. The molecule has 0 atom stereocenters. The molecule has 2 aromatic rings. The van der Waals surface area contributed by atoms with Gasteiger partial charge in [0.2, 0.25) is 11.8 Å². The molecule has 3 rings (SSSR count). The highest BCUT2D eigenvalue weighted by molar-refractivity contribution is 6.04. The summed E-state index contributed by atoms with van der Waals surface area (Å²) >= 11 is 0. The lowest BCUT2D eigenvalue weighted by molar-refractivity contribution is -0.132. The fourth-order valence-electron chi connectivity index (χ4n) is 3.41. The monoisotopic (exact) mass is 423 g/mol. The summed E-state index contributed by atoms with van der Waals surface area (Å²) in [7, 11) is 3.19. The van der Waals surface area contributed by atoms with Gasteiger partial charge in [0.05, 0.1) is 26.5 Å². The Kier molecular flexibility index (Phi) is 7.65. The van der Waals surface area contributed by atoms with Gasteiger partial charge in [-0.05, 0) is 36.6 Å². The zero-order chi connectivity index (χ0) is 22.2. The molecule has 1 aliphatic heterocycles. The number of aryl methyl sites for hydroxylation is 1. The minimum absolute atomic E-state index is 0.0472. The summed E-state index contributed by atoms with van der Waals surface area (Å²) < 4.78 is 10.5. The SMILES string of the molecule is COc1ccc(CCNC(=O)CCN2N=C(c3ccc(C)cc3)CCC2=O)cc1OC. The van der Waals surface area contributed by atoms with Gasteiger partial charge in [-0.25, -0.2) is 5.01 Å². The van der Waals surface area contributed by atoms with Crippen LogP contribution >= 0.6 is 0 Å². The number of nitrogens with one attached hydrogen (secondary N) is 1. The lowest BCUT2D eigenvalue weighted by atomic mass is 10.0. The van der Waals surface area contributed by atoms with Gasteiger partial charge >= 0.3 is 0 Å². The average Bonchev–Trinajstić information content (AvgIpc) is 2.79. The number of hydrogen-bond acceptors (Lipinski definition) is 5. The van der Waals surface area contributed by atoms with Gasteiger partial charge in [0.1, 0.15) is 0 Å². The number of hydrazone groups is 1. The summed E-state index contributed by atoms with van der Waals surface area (Å²) in [6.45, 7) is 2.81. The van der Waals surface area contributed by atoms with Gasteiger partial charge < -0.3 is 14.8 Å². The number of rotatable bonds is 9. The first kappa shape index (κ1) is 22.3. The van der Waals surface area contributed by atoms with Gasteiger partial charge in [0, 0.05) is 25.8 Å². The molecule has 0 saturated carbocycles. The van der Waals surface area contributed by atoms with Gasteiger partial charge in [-0.1, -0.05) is 35.9 Å². The van der Waals surface area contributed by atoms with E-state index in [-0.39, 0.29) is 24.8 Å². The molecule has 0 saturated heterocycles. The highest BCUT2D eigenvalue weighted by atomic mass is 16.5. The minimum atomic E-state index is -0.106. The Morgan fingerprint density at radius 3 is 2.52 bits per heavy atom. The molecular formula is C24H29N3O4. The number of carbonyl (C=O) groups is 2. The van der Waals surface area contributed by atoms with Crippen LogP contribution in [0.5, 0.6) is 11.5 Å². The molecular weight excluding hydrogens is 394 g/mol. The van der Waals surface area contributed by atoms with Crippen molar-refractivity contribution in [3.8, 4) is 11.5 Å². The highest BCUT2D eigenvalue weighted by Crippen LogP contribution is 2.27. The summed E-state index contributed by atoms with van der Waals surface area (Å²) in [5.74, 6) is 1.18. The molecule has 7 heteroatoms. The van der Waals surface area contributed by atoms with Crippen molar-refractivity contribution in [1.29, 1.82) is 0 Å². The first-order valence-corrected chi connectivity index (χ1v) is 10.4. The standard InChI is InChI=1S/C24H29N3O4/c1-17-4-7-19(8-5-17)20-9-11-24(29)27(26-20)15-13-23(28)25-14-12-18-6-10-21(30-2)22(16-18)31-3/h4-8,10,16H,9,11-15H2,1-3H3,(H,25,28). The Bertz CT molecular complexity index is 954. The van der Waals surface area contributed by atoms with Crippen LogP contribution in [0.25, 0.3) is 0 Å². The van der Waals surface area contributed by atoms with E-state index in [0.717, 1.165) is 16.8 Å². The maximum absolute atomic E-state index is 12.3. The second-order valence-electron chi connectivity index (χ2n) is 7.47. The van der Waals surface area contributed by atoms with Crippen molar-refractivity contribution in [2.24, 2.45) is 5.10 Å². The Morgan fingerprint density at radius 2 is 1.81 bits per heavy atom. The fourth-order valence-corrected chi connectivity index (χ4v) is 3.41. The Labute approximate surface area is 183 Å². The third-order valence-electron chi connectivity index (χ3n) is 5.22. The molecule has 1 N–H and O–H groups in total. The lowest BCUT2D eigenvalue weighted by Gasteiger charge is -2.23. The summed E-state index contributed by atoms with van der Waals surface area (Å²) in [6, 6.07) is 13.8. The van der Waals surface area contributed by atoms with E-state index in [9.17, 15) is 9.59 Å². The quantitative estimate of drug-likeness (QED) is 0.672.